The number of nitrogens with zero attached hydrogens (tertiary/aromatic N) is 4. The van der Waals surface area contributed by atoms with Crippen molar-refractivity contribution in [3.05, 3.63) is 182 Å². The van der Waals surface area contributed by atoms with Gasteiger partial charge in [-0.2, -0.15) is 0 Å². The van der Waals surface area contributed by atoms with E-state index in [4.69, 9.17) is 15.0 Å². The molecule has 0 fully saturated rings. The van der Waals surface area contributed by atoms with Crippen LogP contribution in [0.15, 0.2) is 182 Å². The second kappa shape index (κ2) is 12.2. The Morgan fingerprint density at radius 3 is 1.86 bits per heavy atom. The first-order chi connectivity index (χ1) is 27.7. The molecule has 0 amide bonds. The molecule has 0 saturated heterocycles. The summed E-state index contributed by atoms with van der Waals surface area (Å²) < 4.78 is 4.82. The minimum atomic E-state index is 0.634. The molecule has 0 spiro atoms. The van der Waals surface area contributed by atoms with Crippen molar-refractivity contribution in [1.29, 1.82) is 0 Å². The molecule has 3 aromatic heterocycles. The average molecular weight is 731 g/mol. The summed E-state index contributed by atoms with van der Waals surface area (Å²) in [6.45, 7) is 0. The van der Waals surface area contributed by atoms with Crippen LogP contribution in [0.5, 0.6) is 0 Å². The molecule has 0 unspecified atom stereocenters. The Kier molecular flexibility index (Phi) is 6.76. The number of para-hydroxylation sites is 1. The lowest BCUT2D eigenvalue weighted by Gasteiger charge is -2.17. The van der Waals surface area contributed by atoms with E-state index in [0.717, 1.165) is 49.6 Å². The molecule has 4 nitrogen and oxygen atoms in total. The van der Waals surface area contributed by atoms with E-state index in [0.29, 0.717) is 17.5 Å². The Balaban J connectivity index is 1.20. The van der Waals surface area contributed by atoms with Crippen LogP contribution in [0.4, 0.5) is 0 Å². The molecule has 12 aromatic rings. The van der Waals surface area contributed by atoms with Crippen LogP contribution in [0, 0.1) is 0 Å². The summed E-state index contributed by atoms with van der Waals surface area (Å²) in [6.07, 6.45) is 0. The first-order valence-corrected chi connectivity index (χ1v) is 19.7. The SMILES string of the molecule is c1ccc2cc(-c3nc(-c4c(-n5c6ccccc6c6cc7ccccc7cc65)ccc5ccccc45)nc(-c4cccc5c4sc4ccccc45)n3)ccc2c1. The minimum Gasteiger partial charge on any atom is -0.308 e. The molecule has 0 radical (unpaired) electrons. The van der Waals surface area contributed by atoms with E-state index < -0.39 is 0 Å². The van der Waals surface area contributed by atoms with Gasteiger partial charge in [-0.1, -0.05) is 140 Å². The standard InChI is InChI=1S/C51H30N4S/c1-2-14-33-28-36(25-24-31(33)12-1)49-52-50(41-21-11-20-40-39-19-8-10-23-46(39)56-48(40)41)54-51(53-49)47-37-17-6-5-13-32(37)26-27-44(47)55-43-22-9-7-18-38(43)42-29-34-15-3-4-16-35(34)30-45(42)55/h1-30H. The number of thiophene rings is 1. The van der Waals surface area contributed by atoms with Gasteiger partial charge in [0.1, 0.15) is 0 Å². The minimum absolute atomic E-state index is 0.634. The van der Waals surface area contributed by atoms with Gasteiger partial charge >= 0.3 is 0 Å². The van der Waals surface area contributed by atoms with E-state index in [9.17, 15) is 0 Å². The molecular formula is C51H30N4S. The van der Waals surface area contributed by atoms with Gasteiger partial charge in [0, 0.05) is 42.1 Å². The lowest BCUT2D eigenvalue weighted by atomic mass is 10.0. The summed E-state index contributed by atoms with van der Waals surface area (Å²) in [6, 6.07) is 65.1. The largest absolute Gasteiger partial charge is 0.308 e. The van der Waals surface area contributed by atoms with Crippen LogP contribution < -0.4 is 0 Å². The average Bonchev–Trinajstić information content (AvgIpc) is 3.80. The van der Waals surface area contributed by atoms with Crippen molar-refractivity contribution in [3.8, 4) is 39.9 Å². The monoisotopic (exact) mass is 730 g/mol. The summed E-state index contributed by atoms with van der Waals surface area (Å²) in [5.41, 5.74) is 6.20. The zero-order chi connectivity index (χ0) is 36.7. The highest BCUT2D eigenvalue weighted by molar-refractivity contribution is 7.26. The molecular weight excluding hydrogens is 701 g/mol. The number of hydrogen-bond acceptors (Lipinski definition) is 4. The lowest BCUT2D eigenvalue weighted by molar-refractivity contribution is 1.07. The Bertz CT molecular complexity index is 3560. The van der Waals surface area contributed by atoms with Gasteiger partial charge in [0.2, 0.25) is 0 Å². The van der Waals surface area contributed by atoms with Gasteiger partial charge in [-0.05, 0) is 74.8 Å². The zero-order valence-corrected chi connectivity index (χ0v) is 30.8. The third kappa shape index (κ3) is 4.75. The lowest BCUT2D eigenvalue weighted by Crippen LogP contribution is -2.04. The predicted octanol–water partition coefficient (Wildman–Crippen LogP) is 13.8. The summed E-state index contributed by atoms with van der Waals surface area (Å²) in [5.74, 6) is 1.93. The molecule has 0 N–H and O–H groups in total. The molecule has 0 aliphatic rings. The van der Waals surface area contributed by atoms with Crippen LogP contribution >= 0.6 is 11.3 Å². The van der Waals surface area contributed by atoms with Gasteiger partial charge < -0.3 is 4.57 Å². The smallest absolute Gasteiger partial charge is 0.166 e. The molecule has 3 heterocycles. The molecule has 0 bridgehead atoms. The highest BCUT2D eigenvalue weighted by Gasteiger charge is 2.23. The molecule has 0 saturated carbocycles. The Labute approximate surface area is 325 Å². The zero-order valence-electron chi connectivity index (χ0n) is 30.0. The fraction of sp³-hybridized carbons (Fsp3) is 0. The Hall–Kier alpha value is -7.21. The van der Waals surface area contributed by atoms with Crippen molar-refractivity contribution in [2.45, 2.75) is 0 Å². The number of hydrogen-bond donors (Lipinski definition) is 0. The molecule has 5 heteroatoms. The Morgan fingerprint density at radius 2 is 1.00 bits per heavy atom. The van der Waals surface area contributed by atoms with Gasteiger partial charge in [0.25, 0.3) is 0 Å². The van der Waals surface area contributed by atoms with Gasteiger partial charge in [-0.15, -0.1) is 11.3 Å². The Morgan fingerprint density at radius 1 is 0.375 bits per heavy atom. The normalized spacial score (nSPS) is 11.9. The van der Waals surface area contributed by atoms with Crippen LogP contribution in [0.3, 0.4) is 0 Å². The third-order valence-corrected chi connectivity index (χ3v) is 12.4. The van der Waals surface area contributed by atoms with Crippen LogP contribution in [0.2, 0.25) is 0 Å². The van der Waals surface area contributed by atoms with E-state index in [-0.39, 0.29) is 0 Å². The van der Waals surface area contributed by atoms with Crippen molar-refractivity contribution < 1.29 is 0 Å². The molecule has 0 aliphatic carbocycles. The van der Waals surface area contributed by atoms with Gasteiger partial charge in [-0.3, -0.25) is 0 Å². The maximum absolute atomic E-state index is 5.48. The summed E-state index contributed by atoms with van der Waals surface area (Å²) in [4.78, 5) is 16.2. The van der Waals surface area contributed by atoms with Gasteiger partial charge in [0.15, 0.2) is 17.5 Å². The van der Waals surface area contributed by atoms with E-state index in [1.54, 1.807) is 11.3 Å². The molecule has 12 rings (SSSR count). The van der Waals surface area contributed by atoms with Crippen molar-refractivity contribution in [2.75, 3.05) is 0 Å². The third-order valence-electron chi connectivity index (χ3n) is 11.2. The first kappa shape index (κ1) is 31.2. The molecule has 56 heavy (non-hydrogen) atoms. The fourth-order valence-corrected chi connectivity index (χ4v) is 9.80. The topological polar surface area (TPSA) is 43.6 Å². The van der Waals surface area contributed by atoms with Crippen molar-refractivity contribution in [3.63, 3.8) is 0 Å². The molecule has 260 valence electrons. The van der Waals surface area contributed by atoms with Gasteiger partial charge in [0.05, 0.1) is 22.3 Å². The number of fused-ring (bicyclic) bond motifs is 9. The van der Waals surface area contributed by atoms with Crippen LogP contribution in [0.1, 0.15) is 0 Å². The predicted molar refractivity (Wildman–Crippen MR) is 236 cm³/mol. The van der Waals surface area contributed by atoms with E-state index in [1.165, 1.54) is 47.1 Å². The van der Waals surface area contributed by atoms with Crippen molar-refractivity contribution in [2.24, 2.45) is 0 Å². The molecule has 0 aliphatic heterocycles. The molecule has 9 aromatic carbocycles. The van der Waals surface area contributed by atoms with E-state index in [1.807, 2.05) is 0 Å². The van der Waals surface area contributed by atoms with Crippen LogP contribution in [-0.4, -0.2) is 19.5 Å². The van der Waals surface area contributed by atoms with Crippen molar-refractivity contribution in [1.82, 2.24) is 19.5 Å². The first-order valence-electron chi connectivity index (χ1n) is 18.9. The van der Waals surface area contributed by atoms with Crippen LogP contribution in [0.25, 0.3) is 114 Å². The highest BCUT2D eigenvalue weighted by Crippen LogP contribution is 2.43. The van der Waals surface area contributed by atoms with E-state index in [2.05, 4.69) is 187 Å². The summed E-state index contributed by atoms with van der Waals surface area (Å²) >= 11 is 1.79. The van der Waals surface area contributed by atoms with E-state index >= 15 is 0 Å². The highest BCUT2D eigenvalue weighted by atomic mass is 32.1. The fourth-order valence-electron chi connectivity index (χ4n) is 8.59. The second-order valence-corrected chi connectivity index (χ2v) is 15.5. The van der Waals surface area contributed by atoms with Crippen LogP contribution in [-0.2, 0) is 0 Å². The maximum Gasteiger partial charge on any atom is 0.166 e. The second-order valence-electron chi connectivity index (χ2n) is 14.4. The molecule has 0 atom stereocenters. The summed E-state index contributed by atoms with van der Waals surface area (Å²) in [5, 5.41) is 11.8. The summed E-state index contributed by atoms with van der Waals surface area (Å²) in [7, 11) is 0. The number of rotatable bonds is 4. The number of aromatic nitrogens is 4. The quantitative estimate of drug-likeness (QED) is 0.181. The van der Waals surface area contributed by atoms with Gasteiger partial charge in [-0.25, -0.2) is 15.0 Å². The number of benzene rings is 9. The maximum atomic E-state index is 5.48. The van der Waals surface area contributed by atoms with Crippen molar-refractivity contribution >= 4 is 85.6 Å².